The Kier molecular flexibility index (Phi) is 5.68. The molecule has 0 fully saturated rings. The Morgan fingerprint density at radius 2 is 2.14 bits per heavy atom. The molecule has 0 aliphatic heterocycles. The van der Waals surface area contributed by atoms with Gasteiger partial charge in [0.25, 0.3) is 5.91 Å². The third-order valence-electron chi connectivity index (χ3n) is 2.87. The molecule has 22 heavy (non-hydrogen) atoms. The van der Waals surface area contributed by atoms with E-state index in [1.54, 1.807) is 18.4 Å². The number of benzene rings is 1. The van der Waals surface area contributed by atoms with E-state index in [0.29, 0.717) is 11.0 Å². The summed E-state index contributed by atoms with van der Waals surface area (Å²) in [6, 6.07) is 7.52. The van der Waals surface area contributed by atoms with Crippen LogP contribution in [0.15, 0.2) is 40.2 Å². The Bertz CT molecular complexity index is 675. The molecule has 2 aromatic rings. The van der Waals surface area contributed by atoms with E-state index in [9.17, 15) is 14.0 Å². The Labute approximate surface area is 139 Å². The van der Waals surface area contributed by atoms with E-state index in [1.165, 1.54) is 17.0 Å². The summed E-state index contributed by atoms with van der Waals surface area (Å²) < 4.78 is 18.5. The standard InChI is InChI=1S/C15H13BrFNO3S/c1-18(8-11-3-2-6-22-11)14(19)9-21-15(20)12-7-10(17)4-5-13(12)16/h2-7H,8-9H2,1H3. The van der Waals surface area contributed by atoms with Crippen LogP contribution in [-0.2, 0) is 16.1 Å². The first-order valence-electron chi connectivity index (χ1n) is 6.36. The van der Waals surface area contributed by atoms with Crippen molar-refractivity contribution < 1.29 is 18.7 Å². The van der Waals surface area contributed by atoms with Gasteiger partial charge in [0.15, 0.2) is 6.61 Å². The van der Waals surface area contributed by atoms with Crippen molar-refractivity contribution in [1.29, 1.82) is 0 Å². The monoisotopic (exact) mass is 385 g/mol. The van der Waals surface area contributed by atoms with Crippen LogP contribution in [0.2, 0.25) is 0 Å². The smallest absolute Gasteiger partial charge is 0.339 e. The van der Waals surface area contributed by atoms with Crippen LogP contribution >= 0.6 is 27.3 Å². The summed E-state index contributed by atoms with van der Waals surface area (Å²) in [7, 11) is 1.63. The largest absolute Gasteiger partial charge is 0.452 e. The Balaban J connectivity index is 1.90. The van der Waals surface area contributed by atoms with E-state index in [2.05, 4.69) is 15.9 Å². The zero-order chi connectivity index (χ0) is 16.1. The molecule has 2 rings (SSSR count). The number of likely N-dealkylation sites (N-methyl/N-ethyl adjacent to an activating group) is 1. The average Bonchev–Trinajstić information content (AvgIpc) is 2.99. The van der Waals surface area contributed by atoms with Crippen LogP contribution in [0.5, 0.6) is 0 Å². The fourth-order valence-electron chi connectivity index (χ4n) is 1.69. The average molecular weight is 386 g/mol. The minimum absolute atomic E-state index is 0.0497. The number of carbonyl (C=O) groups excluding carboxylic acids is 2. The summed E-state index contributed by atoms with van der Waals surface area (Å²) in [6.07, 6.45) is 0. The minimum Gasteiger partial charge on any atom is -0.452 e. The lowest BCUT2D eigenvalue weighted by atomic mass is 10.2. The summed E-state index contributed by atoms with van der Waals surface area (Å²) in [5.74, 6) is -1.62. The zero-order valence-electron chi connectivity index (χ0n) is 11.7. The highest BCUT2D eigenvalue weighted by Gasteiger charge is 2.16. The van der Waals surface area contributed by atoms with Gasteiger partial charge in [0.2, 0.25) is 0 Å². The maximum atomic E-state index is 13.1. The van der Waals surface area contributed by atoms with Gasteiger partial charge >= 0.3 is 5.97 Å². The number of nitrogens with zero attached hydrogens (tertiary/aromatic N) is 1. The Morgan fingerprint density at radius 3 is 2.82 bits per heavy atom. The highest BCUT2D eigenvalue weighted by atomic mass is 79.9. The fourth-order valence-corrected chi connectivity index (χ4v) is 2.86. The van der Waals surface area contributed by atoms with Crippen LogP contribution in [0.3, 0.4) is 0 Å². The van der Waals surface area contributed by atoms with Gasteiger partial charge in [-0.3, -0.25) is 4.79 Å². The molecular formula is C15H13BrFNO3S. The van der Waals surface area contributed by atoms with Crippen molar-refractivity contribution in [1.82, 2.24) is 4.90 Å². The third kappa shape index (κ3) is 4.38. The van der Waals surface area contributed by atoms with Gasteiger partial charge in [0.05, 0.1) is 12.1 Å². The first-order chi connectivity index (χ1) is 10.5. The number of hydrogen-bond donors (Lipinski definition) is 0. The van der Waals surface area contributed by atoms with Crippen molar-refractivity contribution >= 4 is 39.1 Å². The van der Waals surface area contributed by atoms with Crippen molar-refractivity contribution in [3.8, 4) is 0 Å². The second-order valence-corrected chi connectivity index (χ2v) is 6.42. The lowest BCUT2D eigenvalue weighted by molar-refractivity contribution is -0.133. The molecular weight excluding hydrogens is 373 g/mol. The lowest BCUT2D eigenvalue weighted by Crippen LogP contribution is -2.30. The lowest BCUT2D eigenvalue weighted by Gasteiger charge is -2.16. The SMILES string of the molecule is CN(Cc1cccs1)C(=O)COC(=O)c1cc(F)ccc1Br. The molecule has 0 spiro atoms. The van der Waals surface area contributed by atoms with Gasteiger partial charge in [-0.05, 0) is 45.6 Å². The quantitative estimate of drug-likeness (QED) is 0.740. The van der Waals surface area contributed by atoms with Crippen molar-refractivity contribution in [3.63, 3.8) is 0 Å². The number of hydrogen-bond acceptors (Lipinski definition) is 4. The van der Waals surface area contributed by atoms with Crippen molar-refractivity contribution in [2.45, 2.75) is 6.54 Å². The van der Waals surface area contributed by atoms with Gasteiger partial charge < -0.3 is 9.64 Å². The van der Waals surface area contributed by atoms with Gasteiger partial charge in [-0.1, -0.05) is 6.07 Å². The molecule has 0 atom stereocenters. The van der Waals surface area contributed by atoms with E-state index in [-0.39, 0.29) is 18.1 Å². The van der Waals surface area contributed by atoms with E-state index in [4.69, 9.17) is 4.74 Å². The molecule has 1 amide bonds. The molecule has 4 nitrogen and oxygen atoms in total. The molecule has 116 valence electrons. The van der Waals surface area contributed by atoms with Crippen LogP contribution in [0.25, 0.3) is 0 Å². The number of carbonyl (C=O) groups is 2. The van der Waals surface area contributed by atoms with E-state index in [1.807, 2.05) is 17.5 Å². The van der Waals surface area contributed by atoms with E-state index in [0.717, 1.165) is 10.9 Å². The number of thiophene rings is 1. The first kappa shape index (κ1) is 16.6. The van der Waals surface area contributed by atoms with Gasteiger partial charge in [-0.25, -0.2) is 9.18 Å². The van der Waals surface area contributed by atoms with Crippen LogP contribution in [0.1, 0.15) is 15.2 Å². The second kappa shape index (κ2) is 7.51. The molecule has 7 heteroatoms. The zero-order valence-corrected chi connectivity index (χ0v) is 14.1. The van der Waals surface area contributed by atoms with Crippen LogP contribution in [0, 0.1) is 5.82 Å². The van der Waals surface area contributed by atoms with Gasteiger partial charge in [-0.15, -0.1) is 11.3 Å². The van der Waals surface area contributed by atoms with E-state index < -0.39 is 11.8 Å². The molecule has 0 unspecified atom stereocenters. The summed E-state index contributed by atoms with van der Waals surface area (Å²) in [5, 5.41) is 1.93. The Morgan fingerprint density at radius 1 is 1.36 bits per heavy atom. The molecule has 0 bridgehead atoms. The molecule has 1 heterocycles. The number of ether oxygens (including phenoxy) is 1. The van der Waals surface area contributed by atoms with Crippen LogP contribution in [-0.4, -0.2) is 30.4 Å². The van der Waals surface area contributed by atoms with Gasteiger partial charge in [0.1, 0.15) is 5.82 Å². The minimum atomic E-state index is -0.746. The van der Waals surface area contributed by atoms with Crippen LogP contribution in [0.4, 0.5) is 4.39 Å². The summed E-state index contributed by atoms with van der Waals surface area (Å²) >= 11 is 4.69. The summed E-state index contributed by atoms with van der Waals surface area (Å²) in [5.41, 5.74) is 0.0497. The molecule has 0 saturated carbocycles. The Hall–Kier alpha value is -1.73. The van der Waals surface area contributed by atoms with E-state index >= 15 is 0 Å². The van der Waals surface area contributed by atoms with Gasteiger partial charge in [-0.2, -0.15) is 0 Å². The molecule has 0 aliphatic carbocycles. The predicted octanol–water partition coefficient (Wildman–Crippen LogP) is 3.47. The predicted molar refractivity (Wildman–Crippen MR) is 85.2 cm³/mol. The maximum absolute atomic E-state index is 13.1. The summed E-state index contributed by atoms with van der Waals surface area (Å²) in [4.78, 5) is 26.3. The maximum Gasteiger partial charge on any atom is 0.339 e. The van der Waals surface area contributed by atoms with Crippen molar-refractivity contribution in [2.75, 3.05) is 13.7 Å². The number of rotatable bonds is 5. The molecule has 0 N–H and O–H groups in total. The molecule has 0 radical (unpaired) electrons. The highest BCUT2D eigenvalue weighted by molar-refractivity contribution is 9.10. The van der Waals surface area contributed by atoms with Crippen LogP contribution < -0.4 is 0 Å². The molecule has 1 aromatic carbocycles. The first-order valence-corrected chi connectivity index (χ1v) is 8.03. The number of amides is 1. The molecule has 1 aromatic heterocycles. The van der Waals surface area contributed by atoms with Crippen molar-refractivity contribution in [2.24, 2.45) is 0 Å². The number of halogens is 2. The topological polar surface area (TPSA) is 46.6 Å². The number of esters is 1. The highest BCUT2D eigenvalue weighted by Crippen LogP contribution is 2.19. The second-order valence-electron chi connectivity index (χ2n) is 4.53. The van der Waals surface area contributed by atoms with Gasteiger partial charge in [0, 0.05) is 16.4 Å². The normalized spacial score (nSPS) is 10.3. The summed E-state index contributed by atoms with van der Waals surface area (Å²) in [6.45, 7) is 0.0708. The molecule has 0 saturated heterocycles. The third-order valence-corrected chi connectivity index (χ3v) is 4.43. The van der Waals surface area contributed by atoms with Crippen molar-refractivity contribution in [3.05, 3.63) is 56.4 Å². The molecule has 0 aliphatic rings. The fraction of sp³-hybridized carbons (Fsp3) is 0.200.